The summed E-state index contributed by atoms with van der Waals surface area (Å²) in [5, 5.41) is 0. The molecule has 0 bridgehead atoms. The fourth-order valence-electron chi connectivity index (χ4n) is 2.48. The van der Waals surface area contributed by atoms with Crippen molar-refractivity contribution in [3.63, 3.8) is 0 Å². The standard InChI is InChI=1S/C12H18BrN3/c1-2-16(10-5-3-4-6-10)12-11(14)7-9(13)8-15-12/h7-8,10H,2-6,14H2,1H3. The second-order valence-electron chi connectivity index (χ2n) is 4.29. The van der Waals surface area contributed by atoms with E-state index in [4.69, 9.17) is 5.73 Å². The summed E-state index contributed by atoms with van der Waals surface area (Å²) in [7, 11) is 0. The fourth-order valence-corrected chi connectivity index (χ4v) is 2.83. The van der Waals surface area contributed by atoms with Crippen LogP contribution in [0.4, 0.5) is 11.5 Å². The van der Waals surface area contributed by atoms with E-state index in [9.17, 15) is 0 Å². The van der Waals surface area contributed by atoms with Crippen molar-refractivity contribution in [3.05, 3.63) is 16.7 Å². The van der Waals surface area contributed by atoms with E-state index in [1.165, 1.54) is 25.7 Å². The number of hydrogen-bond acceptors (Lipinski definition) is 3. The molecule has 1 fully saturated rings. The molecule has 0 atom stereocenters. The van der Waals surface area contributed by atoms with Gasteiger partial charge in [-0.2, -0.15) is 0 Å². The Hall–Kier alpha value is -0.770. The van der Waals surface area contributed by atoms with Gasteiger partial charge in [0.2, 0.25) is 0 Å². The maximum absolute atomic E-state index is 6.03. The van der Waals surface area contributed by atoms with Gasteiger partial charge in [-0.1, -0.05) is 12.8 Å². The van der Waals surface area contributed by atoms with Gasteiger partial charge in [-0.05, 0) is 41.8 Å². The summed E-state index contributed by atoms with van der Waals surface area (Å²) in [6.45, 7) is 3.14. The minimum atomic E-state index is 0.626. The van der Waals surface area contributed by atoms with Gasteiger partial charge in [0.25, 0.3) is 0 Å². The summed E-state index contributed by atoms with van der Waals surface area (Å²) in [5.74, 6) is 0.942. The number of nitrogens with two attached hydrogens (primary N) is 1. The lowest BCUT2D eigenvalue weighted by molar-refractivity contribution is 0.614. The van der Waals surface area contributed by atoms with E-state index in [-0.39, 0.29) is 0 Å². The van der Waals surface area contributed by atoms with E-state index < -0.39 is 0 Å². The number of halogens is 1. The number of pyridine rings is 1. The molecule has 0 aliphatic heterocycles. The Balaban J connectivity index is 2.25. The molecule has 2 N–H and O–H groups in total. The molecule has 1 aliphatic rings. The lowest BCUT2D eigenvalue weighted by Gasteiger charge is -2.29. The van der Waals surface area contributed by atoms with Crippen LogP contribution >= 0.6 is 15.9 Å². The molecule has 16 heavy (non-hydrogen) atoms. The predicted molar refractivity (Wildman–Crippen MR) is 71.6 cm³/mol. The van der Waals surface area contributed by atoms with Crippen LogP contribution in [0.2, 0.25) is 0 Å². The molecule has 3 nitrogen and oxygen atoms in total. The van der Waals surface area contributed by atoms with Crippen LogP contribution in [0.25, 0.3) is 0 Å². The molecule has 88 valence electrons. The fraction of sp³-hybridized carbons (Fsp3) is 0.583. The monoisotopic (exact) mass is 283 g/mol. The molecule has 0 unspecified atom stereocenters. The van der Waals surface area contributed by atoms with Crippen LogP contribution in [-0.4, -0.2) is 17.6 Å². The summed E-state index contributed by atoms with van der Waals surface area (Å²) in [4.78, 5) is 6.79. The highest BCUT2D eigenvalue weighted by atomic mass is 79.9. The number of anilines is 2. The van der Waals surface area contributed by atoms with Crippen LogP contribution in [0, 0.1) is 0 Å². The highest BCUT2D eigenvalue weighted by molar-refractivity contribution is 9.10. The molecular formula is C12H18BrN3. The molecule has 0 radical (unpaired) electrons. The molecule has 4 heteroatoms. The van der Waals surface area contributed by atoms with Crippen LogP contribution in [-0.2, 0) is 0 Å². The average Bonchev–Trinajstić information content (AvgIpc) is 2.75. The second-order valence-corrected chi connectivity index (χ2v) is 5.21. The zero-order chi connectivity index (χ0) is 11.5. The van der Waals surface area contributed by atoms with Crippen LogP contribution in [0.1, 0.15) is 32.6 Å². The summed E-state index contributed by atoms with van der Waals surface area (Å²) in [6.07, 6.45) is 7.02. The average molecular weight is 284 g/mol. The lowest BCUT2D eigenvalue weighted by Crippen LogP contribution is -2.34. The van der Waals surface area contributed by atoms with Gasteiger partial charge >= 0.3 is 0 Å². The van der Waals surface area contributed by atoms with Gasteiger partial charge in [-0.15, -0.1) is 0 Å². The molecule has 2 rings (SSSR count). The lowest BCUT2D eigenvalue weighted by atomic mass is 10.2. The number of aromatic nitrogens is 1. The van der Waals surface area contributed by atoms with Gasteiger partial charge in [0.1, 0.15) is 0 Å². The summed E-state index contributed by atoms with van der Waals surface area (Å²) >= 11 is 3.39. The molecule has 1 aromatic heterocycles. The maximum atomic E-state index is 6.03. The van der Waals surface area contributed by atoms with Crippen molar-refractivity contribution < 1.29 is 0 Å². The first-order valence-electron chi connectivity index (χ1n) is 5.90. The number of hydrogen-bond donors (Lipinski definition) is 1. The zero-order valence-electron chi connectivity index (χ0n) is 9.62. The predicted octanol–water partition coefficient (Wildman–Crippen LogP) is 3.20. The van der Waals surface area contributed by atoms with E-state index in [1.807, 2.05) is 12.3 Å². The van der Waals surface area contributed by atoms with Crippen LogP contribution < -0.4 is 10.6 Å². The third-order valence-corrected chi connectivity index (χ3v) is 3.67. The number of nitrogens with zero attached hydrogens (tertiary/aromatic N) is 2. The molecule has 0 saturated heterocycles. The van der Waals surface area contributed by atoms with E-state index in [1.54, 1.807) is 0 Å². The Labute approximate surface area is 105 Å². The van der Waals surface area contributed by atoms with Crippen molar-refractivity contribution in [3.8, 4) is 0 Å². The van der Waals surface area contributed by atoms with Crippen molar-refractivity contribution in [1.82, 2.24) is 4.98 Å². The van der Waals surface area contributed by atoms with E-state index >= 15 is 0 Å². The normalized spacial score (nSPS) is 16.6. The molecule has 1 saturated carbocycles. The van der Waals surface area contributed by atoms with E-state index in [0.29, 0.717) is 6.04 Å². The SMILES string of the molecule is CCN(c1ncc(Br)cc1N)C1CCCC1. The molecule has 0 amide bonds. The molecule has 0 aromatic carbocycles. The molecule has 1 aliphatic carbocycles. The quantitative estimate of drug-likeness (QED) is 0.926. The zero-order valence-corrected chi connectivity index (χ0v) is 11.2. The summed E-state index contributed by atoms with van der Waals surface area (Å²) in [5.41, 5.74) is 6.80. The Kier molecular flexibility index (Phi) is 3.69. The highest BCUT2D eigenvalue weighted by Gasteiger charge is 2.23. The van der Waals surface area contributed by atoms with Gasteiger partial charge in [0, 0.05) is 23.3 Å². The number of nitrogen functional groups attached to an aromatic ring is 1. The van der Waals surface area contributed by atoms with Crippen LogP contribution in [0.5, 0.6) is 0 Å². The molecule has 0 spiro atoms. The Morgan fingerprint density at radius 2 is 2.19 bits per heavy atom. The van der Waals surface area contributed by atoms with Gasteiger partial charge < -0.3 is 10.6 Å². The minimum absolute atomic E-state index is 0.626. The first-order valence-corrected chi connectivity index (χ1v) is 6.69. The first-order chi connectivity index (χ1) is 7.72. The topological polar surface area (TPSA) is 42.2 Å². The van der Waals surface area contributed by atoms with Crippen molar-refractivity contribution in [1.29, 1.82) is 0 Å². The number of rotatable bonds is 3. The minimum Gasteiger partial charge on any atom is -0.396 e. The molecule has 1 heterocycles. The van der Waals surface area contributed by atoms with Crippen LogP contribution in [0.3, 0.4) is 0 Å². The largest absolute Gasteiger partial charge is 0.396 e. The third-order valence-electron chi connectivity index (χ3n) is 3.24. The van der Waals surface area contributed by atoms with Crippen molar-refractivity contribution in [2.75, 3.05) is 17.2 Å². The van der Waals surface area contributed by atoms with E-state index in [0.717, 1.165) is 22.5 Å². The van der Waals surface area contributed by atoms with Crippen molar-refractivity contribution >= 4 is 27.4 Å². The Bertz CT molecular complexity index is 361. The smallest absolute Gasteiger partial charge is 0.152 e. The Morgan fingerprint density at radius 3 is 2.75 bits per heavy atom. The highest BCUT2D eigenvalue weighted by Crippen LogP contribution is 2.31. The second kappa shape index (κ2) is 5.04. The van der Waals surface area contributed by atoms with Crippen molar-refractivity contribution in [2.45, 2.75) is 38.6 Å². The Morgan fingerprint density at radius 1 is 1.50 bits per heavy atom. The third kappa shape index (κ3) is 2.32. The summed E-state index contributed by atoms with van der Waals surface area (Å²) < 4.78 is 0.941. The van der Waals surface area contributed by atoms with Gasteiger partial charge in [-0.3, -0.25) is 0 Å². The van der Waals surface area contributed by atoms with E-state index in [2.05, 4.69) is 32.7 Å². The molecule has 1 aromatic rings. The first kappa shape index (κ1) is 11.7. The van der Waals surface area contributed by atoms with Gasteiger partial charge in [0.15, 0.2) is 5.82 Å². The van der Waals surface area contributed by atoms with Crippen LogP contribution in [0.15, 0.2) is 16.7 Å². The molecular weight excluding hydrogens is 266 g/mol. The summed E-state index contributed by atoms with van der Waals surface area (Å²) in [6, 6.07) is 2.56. The van der Waals surface area contributed by atoms with Crippen molar-refractivity contribution in [2.24, 2.45) is 0 Å². The maximum Gasteiger partial charge on any atom is 0.152 e. The van der Waals surface area contributed by atoms with Gasteiger partial charge in [-0.25, -0.2) is 4.98 Å². The van der Waals surface area contributed by atoms with Gasteiger partial charge in [0.05, 0.1) is 5.69 Å².